The molecule has 0 amide bonds. The minimum absolute atomic E-state index is 0.0491. The fourth-order valence-electron chi connectivity index (χ4n) is 3.65. The summed E-state index contributed by atoms with van der Waals surface area (Å²) in [6, 6.07) is 20.8. The van der Waals surface area contributed by atoms with Gasteiger partial charge in [0.2, 0.25) is 17.6 Å². The van der Waals surface area contributed by atoms with Crippen LogP contribution in [0.2, 0.25) is 0 Å². The number of aromatic hydroxyl groups is 1. The molecule has 4 aromatic rings. The third-order valence-electron chi connectivity index (χ3n) is 5.37. The van der Waals surface area contributed by atoms with E-state index in [2.05, 4.69) is 20.9 Å². The van der Waals surface area contributed by atoms with Gasteiger partial charge in [0.05, 0.1) is 16.8 Å². The molecule has 1 aromatic heterocycles. The largest absolute Gasteiger partial charge is 0.494 e. The van der Waals surface area contributed by atoms with Crippen LogP contribution >= 0.6 is 28.1 Å². The lowest BCUT2D eigenvalue weighted by Gasteiger charge is -2.19. The third-order valence-corrected chi connectivity index (χ3v) is 6.15. The molecule has 0 spiro atoms. The Morgan fingerprint density at radius 3 is 2.44 bits per heavy atom. The monoisotopic (exact) mass is 561 g/mol. The van der Waals surface area contributed by atoms with Gasteiger partial charge in [0, 0.05) is 4.47 Å². The average Bonchev–Trinajstić information content (AvgIpc) is 2.85. The molecule has 1 aliphatic heterocycles. The highest BCUT2D eigenvalue weighted by Gasteiger charge is 2.29. The van der Waals surface area contributed by atoms with E-state index >= 15 is 0 Å². The van der Waals surface area contributed by atoms with Crippen LogP contribution in [0.4, 0.5) is 0 Å². The Morgan fingerprint density at radius 2 is 1.72 bits per heavy atom. The predicted molar refractivity (Wildman–Crippen MR) is 140 cm³/mol. The lowest BCUT2D eigenvalue weighted by molar-refractivity contribution is 0.103. The fraction of sp³-hybridized carbons (Fsp3) is 0. The molecule has 0 saturated carbocycles. The lowest BCUT2D eigenvalue weighted by atomic mass is 9.98. The zero-order valence-electron chi connectivity index (χ0n) is 18.3. The number of Topliss-reactive ketones (excluding diaryl/α,β-unsaturated/α-hetero) is 1. The molecule has 1 aliphatic rings. The Bertz CT molecular complexity index is 1680. The van der Waals surface area contributed by atoms with Crippen molar-refractivity contribution in [3.8, 4) is 28.8 Å². The Morgan fingerprint density at radius 1 is 1.03 bits per heavy atom. The van der Waals surface area contributed by atoms with E-state index in [1.807, 2.05) is 30.3 Å². The molecule has 36 heavy (non-hydrogen) atoms. The van der Waals surface area contributed by atoms with Crippen LogP contribution in [0, 0.1) is 10.2 Å². The SMILES string of the molecule is N=C1Oc2ccc(Br)cc2C(=O)C1=Cc1c(O)n(-c2ccc(Oc3ccccc3)cc2)c(=S)[nH]c1=O. The molecule has 0 fully saturated rings. The van der Waals surface area contributed by atoms with E-state index in [4.69, 9.17) is 27.1 Å². The van der Waals surface area contributed by atoms with E-state index < -0.39 is 23.1 Å². The first-order valence-electron chi connectivity index (χ1n) is 10.6. The third kappa shape index (κ3) is 4.39. The topological polar surface area (TPSA) is 117 Å². The van der Waals surface area contributed by atoms with Crippen molar-refractivity contribution < 1.29 is 19.4 Å². The predicted octanol–water partition coefficient (Wildman–Crippen LogP) is 5.79. The highest BCUT2D eigenvalue weighted by atomic mass is 79.9. The first-order chi connectivity index (χ1) is 17.3. The average molecular weight is 562 g/mol. The van der Waals surface area contributed by atoms with E-state index in [9.17, 15) is 14.7 Å². The second kappa shape index (κ2) is 9.40. The Kier molecular flexibility index (Phi) is 6.13. The second-order valence-electron chi connectivity index (χ2n) is 7.70. The van der Waals surface area contributed by atoms with Gasteiger partial charge in [-0.05, 0) is 72.9 Å². The van der Waals surface area contributed by atoms with Gasteiger partial charge >= 0.3 is 0 Å². The van der Waals surface area contributed by atoms with Crippen molar-refractivity contribution in [2.24, 2.45) is 0 Å². The van der Waals surface area contributed by atoms with Crippen LogP contribution in [0.5, 0.6) is 23.1 Å². The number of benzene rings is 3. The van der Waals surface area contributed by atoms with E-state index in [0.29, 0.717) is 21.7 Å². The van der Waals surface area contributed by atoms with Gasteiger partial charge in [0.15, 0.2) is 4.77 Å². The minimum atomic E-state index is -0.717. The van der Waals surface area contributed by atoms with Crippen LogP contribution in [-0.2, 0) is 0 Å². The van der Waals surface area contributed by atoms with Crippen molar-refractivity contribution in [3.63, 3.8) is 0 Å². The standard InChI is InChI=1S/C26H16BrN3O5S/c27-14-6-11-21-18(12-14)22(31)19(23(28)35-21)13-20-24(32)29-26(36)30(25(20)33)15-7-9-17(10-8-15)34-16-4-2-1-3-5-16/h1-13,28,33H,(H,29,32,36). The molecule has 10 heteroatoms. The number of nitrogens with zero attached hydrogens (tertiary/aromatic N) is 1. The summed E-state index contributed by atoms with van der Waals surface area (Å²) >= 11 is 8.59. The lowest BCUT2D eigenvalue weighted by Crippen LogP contribution is -2.25. The minimum Gasteiger partial charge on any atom is -0.494 e. The number of aromatic amines is 1. The molecule has 3 aromatic carbocycles. The van der Waals surface area contributed by atoms with E-state index in [-0.39, 0.29) is 27.2 Å². The van der Waals surface area contributed by atoms with Crippen LogP contribution in [0.3, 0.4) is 0 Å². The number of halogens is 1. The van der Waals surface area contributed by atoms with Crippen molar-refractivity contribution >= 4 is 45.9 Å². The van der Waals surface area contributed by atoms with Crippen molar-refractivity contribution in [1.82, 2.24) is 9.55 Å². The maximum atomic E-state index is 13.1. The van der Waals surface area contributed by atoms with E-state index in [1.54, 1.807) is 42.5 Å². The van der Waals surface area contributed by atoms with Crippen molar-refractivity contribution in [2.45, 2.75) is 0 Å². The number of nitrogens with one attached hydrogen (secondary N) is 2. The highest BCUT2D eigenvalue weighted by molar-refractivity contribution is 9.10. The molecule has 178 valence electrons. The van der Waals surface area contributed by atoms with Crippen molar-refractivity contribution in [3.05, 3.63) is 109 Å². The number of para-hydroxylation sites is 1. The molecule has 2 heterocycles. The number of rotatable bonds is 4. The number of fused-ring (bicyclic) bond motifs is 1. The summed E-state index contributed by atoms with van der Waals surface area (Å²) < 4.78 is 13.1. The normalized spacial score (nSPS) is 13.9. The molecule has 0 atom stereocenters. The van der Waals surface area contributed by atoms with Crippen molar-refractivity contribution in [1.29, 1.82) is 5.41 Å². The number of aromatic nitrogens is 2. The molecule has 0 radical (unpaired) electrons. The molecule has 0 bridgehead atoms. The number of hydrogen-bond acceptors (Lipinski definition) is 7. The van der Waals surface area contributed by atoms with Gasteiger partial charge in [-0.15, -0.1) is 0 Å². The van der Waals surface area contributed by atoms with Gasteiger partial charge in [0.1, 0.15) is 22.8 Å². The van der Waals surface area contributed by atoms with Gasteiger partial charge in [-0.2, -0.15) is 0 Å². The second-order valence-corrected chi connectivity index (χ2v) is 9.00. The van der Waals surface area contributed by atoms with Crippen LogP contribution in [0.15, 0.2) is 87.6 Å². The molecule has 0 aliphatic carbocycles. The Balaban J connectivity index is 1.55. The van der Waals surface area contributed by atoms with Gasteiger partial charge < -0.3 is 14.6 Å². The highest BCUT2D eigenvalue weighted by Crippen LogP contribution is 2.32. The van der Waals surface area contributed by atoms with Gasteiger partial charge in [0.25, 0.3) is 5.56 Å². The summed E-state index contributed by atoms with van der Waals surface area (Å²) in [5.41, 5.74) is -0.473. The molecule has 0 unspecified atom stereocenters. The van der Waals surface area contributed by atoms with Gasteiger partial charge in [-0.25, -0.2) is 0 Å². The summed E-state index contributed by atoms with van der Waals surface area (Å²) in [6.45, 7) is 0. The Hall–Kier alpha value is -4.28. The first-order valence-corrected chi connectivity index (χ1v) is 11.8. The number of hydrogen-bond donors (Lipinski definition) is 3. The molecule has 5 rings (SSSR count). The maximum absolute atomic E-state index is 13.1. The molecule has 0 saturated heterocycles. The van der Waals surface area contributed by atoms with E-state index in [0.717, 1.165) is 6.08 Å². The number of carbonyl (C=O) groups excluding carboxylic acids is 1. The zero-order chi connectivity index (χ0) is 25.4. The van der Waals surface area contributed by atoms with Crippen LogP contribution < -0.4 is 15.0 Å². The summed E-state index contributed by atoms with van der Waals surface area (Å²) in [5.74, 6) is 0.0118. The summed E-state index contributed by atoms with van der Waals surface area (Å²) in [6.07, 6.45) is 1.13. The molecular weight excluding hydrogens is 546 g/mol. The number of H-pyrrole nitrogens is 1. The summed E-state index contributed by atoms with van der Waals surface area (Å²) in [7, 11) is 0. The molecule has 8 nitrogen and oxygen atoms in total. The summed E-state index contributed by atoms with van der Waals surface area (Å²) in [4.78, 5) is 28.3. The zero-order valence-corrected chi connectivity index (χ0v) is 20.7. The van der Waals surface area contributed by atoms with Gasteiger partial charge in [-0.1, -0.05) is 34.1 Å². The Labute approximate surface area is 217 Å². The summed E-state index contributed by atoms with van der Waals surface area (Å²) in [5, 5.41) is 19.2. The number of carbonyl (C=O) groups is 1. The number of ketones is 1. The van der Waals surface area contributed by atoms with Crippen molar-refractivity contribution in [2.75, 3.05) is 0 Å². The first kappa shape index (κ1) is 23.5. The number of ether oxygens (including phenoxy) is 2. The van der Waals surface area contributed by atoms with E-state index in [1.165, 1.54) is 4.57 Å². The fourth-order valence-corrected chi connectivity index (χ4v) is 4.30. The van der Waals surface area contributed by atoms with Crippen LogP contribution in [0.25, 0.3) is 11.8 Å². The smallest absolute Gasteiger partial charge is 0.262 e. The molecular formula is C26H16BrN3O5S. The quantitative estimate of drug-likeness (QED) is 0.214. The van der Waals surface area contributed by atoms with Gasteiger partial charge in [-0.3, -0.25) is 24.5 Å². The van der Waals surface area contributed by atoms with Crippen LogP contribution in [-0.4, -0.2) is 26.3 Å². The maximum Gasteiger partial charge on any atom is 0.262 e. The van der Waals surface area contributed by atoms with Crippen LogP contribution in [0.1, 0.15) is 15.9 Å². The molecule has 3 N–H and O–H groups in total.